The van der Waals surface area contributed by atoms with Gasteiger partial charge in [0.1, 0.15) is 5.76 Å². The second kappa shape index (κ2) is 7.21. The van der Waals surface area contributed by atoms with Gasteiger partial charge in [0.15, 0.2) is 11.5 Å². The topological polar surface area (TPSA) is 56.5 Å². The van der Waals surface area contributed by atoms with Gasteiger partial charge in [-0.1, -0.05) is 5.16 Å². The van der Waals surface area contributed by atoms with Crippen molar-refractivity contribution in [2.75, 3.05) is 20.5 Å². The van der Waals surface area contributed by atoms with E-state index < -0.39 is 0 Å². The van der Waals surface area contributed by atoms with Crippen molar-refractivity contribution < 1.29 is 14.0 Å². The Balaban J connectivity index is 2.09. The van der Waals surface area contributed by atoms with Gasteiger partial charge in [-0.05, 0) is 24.0 Å². The maximum atomic E-state index is 5.34. The molecule has 2 aromatic rings. The predicted octanol–water partition coefficient (Wildman–Crippen LogP) is 2.70. The maximum absolute atomic E-state index is 5.34. The highest BCUT2D eigenvalue weighted by Gasteiger charge is 2.10. The highest BCUT2D eigenvalue weighted by atomic mass is 32.2. The Morgan fingerprint density at radius 2 is 1.95 bits per heavy atom. The molecule has 0 fully saturated rings. The van der Waals surface area contributed by atoms with Gasteiger partial charge in [0.25, 0.3) is 0 Å². The normalized spacial score (nSPS) is 10.6. The zero-order valence-electron chi connectivity index (χ0n) is 11.8. The van der Waals surface area contributed by atoms with Crippen molar-refractivity contribution in [3.05, 3.63) is 35.7 Å². The number of thioether (sulfide) groups is 1. The number of ether oxygens (including phenoxy) is 2. The number of nitrogens with one attached hydrogen (secondary N) is 1. The maximum Gasteiger partial charge on any atom is 0.161 e. The van der Waals surface area contributed by atoms with Gasteiger partial charge in [-0.25, -0.2) is 0 Å². The molecule has 0 aliphatic rings. The molecule has 0 saturated carbocycles. The van der Waals surface area contributed by atoms with E-state index in [1.807, 2.05) is 24.5 Å². The summed E-state index contributed by atoms with van der Waals surface area (Å²) in [6.45, 7) is 1.36. The molecule has 6 heteroatoms. The fourth-order valence-electron chi connectivity index (χ4n) is 1.88. The number of hydrogen-bond donors (Lipinski definition) is 1. The molecule has 20 heavy (non-hydrogen) atoms. The minimum atomic E-state index is 0.641. The van der Waals surface area contributed by atoms with Crippen molar-refractivity contribution >= 4 is 11.8 Å². The lowest BCUT2D eigenvalue weighted by atomic mass is 10.2. The van der Waals surface area contributed by atoms with Crippen LogP contribution in [0.1, 0.15) is 11.3 Å². The molecule has 1 N–H and O–H groups in total. The first-order valence-electron chi connectivity index (χ1n) is 6.17. The second-order valence-corrected chi connectivity index (χ2v) is 4.95. The summed E-state index contributed by atoms with van der Waals surface area (Å²) in [5.74, 6) is 2.30. The first-order valence-corrected chi connectivity index (χ1v) is 7.40. The van der Waals surface area contributed by atoms with Crippen LogP contribution in [0.15, 0.2) is 33.8 Å². The zero-order chi connectivity index (χ0) is 14.4. The SMILES string of the molecule is COc1cc(CNCc2ccno2)c(SC)cc1OC. The van der Waals surface area contributed by atoms with Crippen molar-refractivity contribution in [3.8, 4) is 11.5 Å². The Hall–Kier alpha value is -1.66. The summed E-state index contributed by atoms with van der Waals surface area (Å²) in [5.41, 5.74) is 1.16. The summed E-state index contributed by atoms with van der Waals surface area (Å²) >= 11 is 1.68. The third-order valence-electron chi connectivity index (χ3n) is 2.89. The van der Waals surface area contributed by atoms with Crippen LogP contribution in [0.3, 0.4) is 0 Å². The number of benzene rings is 1. The Labute approximate surface area is 122 Å². The summed E-state index contributed by atoms with van der Waals surface area (Å²) in [6.07, 6.45) is 3.68. The standard InChI is InChI=1S/C14H18N2O3S/c1-17-12-6-10(14(20-3)7-13(12)18-2)8-15-9-11-4-5-16-19-11/h4-7,15H,8-9H2,1-3H3. The number of rotatable bonds is 7. The van der Waals surface area contributed by atoms with E-state index in [9.17, 15) is 0 Å². The molecule has 5 nitrogen and oxygen atoms in total. The molecule has 0 atom stereocenters. The quantitative estimate of drug-likeness (QED) is 0.792. The van der Waals surface area contributed by atoms with E-state index in [0.717, 1.165) is 34.3 Å². The molecule has 0 bridgehead atoms. The van der Waals surface area contributed by atoms with Crippen molar-refractivity contribution in [2.24, 2.45) is 0 Å². The molecule has 0 unspecified atom stereocenters. The van der Waals surface area contributed by atoms with E-state index in [0.29, 0.717) is 6.54 Å². The summed E-state index contributed by atoms with van der Waals surface area (Å²) in [7, 11) is 3.28. The molecule has 0 amide bonds. The van der Waals surface area contributed by atoms with Gasteiger partial charge >= 0.3 is 0 Å². The molecule has 0 saturated heterocycles. The van der Waals surface area contributed by atoms with Gasteiger partial charge in [-0.2, -0.15) is 0 Å². The largest absolute Gasteiger partial charge is 0.493 e. The van der Waals surface area contributed by atoms with E-state index in [2.05, 4.69) is 10.5 Å². The smallest absolute Gasteiger partial charge is 0.161 e. The van der Waals surface area contributed by atoms with E-state index in [1.54, 1.807) is 32.2 Å². The summed E-state index contributed by atoms with van der Waals surface area (Å²) in [4.78, 5) is 1.16. The summed E-state index contributed by atoms with van der Waals surface area (Å²) in [5, 5.41) is 7.00. The second-order valence-electron chi connectivity index (χ2n) is 4.10. The Morgan fingerprint density at radius 3 is 2.55 bits per heavy atom. The predicted molar refractivity (Wildman–Crippen MR) is 78.4 cm³/mol. The van der Waals surface area contributed by atoms with Gasteiger partial charge in [0.2, 0.25) is 0 Å². The van der Waals surface area contributed by atoms with Gasteiger partial charge in [0, 0.05) is 17.5 Å². The number of hydrogen-bond acceptors (Lipinski definition) is 6. The van der Waals surface area contributed by atoms with Crippen molar-refractivity contribution in [1.29, 1.82) is 0 Å². The third-order valence-corrected chi connectivity index (χ3v) is 3.71. The Bertz CT molecular complexity index is 544. The van der Waals surface area contributed by atoms with E-state index in [4.69, 9.17) is 14.0 Å². The molecule has 1 heterocycles. The lowest BCUT2D eigenvalue weighted by Gasteiger charge is -2.14. The number of aromatic nitrogens is 1. The molecular formula is C14H18N2O3S. The van der Waals surface area contributed by atoms with Crippen LogP contribution in [-0.4, -0.2) is 25.6 Å². The van der Waals surface area contributed by atoms with Crippen LogP contribution in [0.4, 0.5) is 0 Å². The van der Waals surface area contributed by atoms with Gasteiger partial charge in [-0.15, -0.1) is 11.8 Å². The van der Waals surface area contributed by atoms with E-state index in [1.165, 1.54) is 0 Å². The molecule has 2 rings (SSSR count). The molecular weight excluding hydrogens is 276 g/mol. The summed E-state index contributed by atoms with van der Waals surface area (Å²) < 4.78 is 15.7. The highest BCUT2D eigenvalue weighted by Crippen LogP contribution is 2.34. The minimum absolute atomic E-state index is 0.641. The molecule has 1 aromatic carbocycles. The van der Waals surface area contributed by atoms with Gasteiger partial charge < -0.3 is 19.3 Å². The Kier molecular flexibility index (Phi) is 5.31. The van der Waals surface area contributed by atoms with E-state index >= 15 is 0 Å². The monoisotopic (exact) mass is 294 g/mol. The average molecular weight is 294 g/mol. The van der Waals surface area contributed by atoms with Crippen LogP contribution in [0.25, 0.3) is 0 Å². The molecule has 0 aliphatic carbocycles. The first-order chi connectivity index (χ1) is 9.78. The average Bonchev–Trinajstić information content (AvgIpc) is 2.99. The van der Waals surface area contributed by atoms with Crippen LogP contribution in [0.5, 0.6) is 11.5 Å². The number of methoxy groups -OCH3 is 2. The molecule has 0 radical (unpaired) electrons. The van der Waals surface area contributed by atoms with Crippen molar-refractivity contribution in [1.82, 2.24) is 10.5 Å². The zero-order valence-corrected chi connectivity index (χ0v) is 12.6. The first kappa shape index (κ1) is 14.7. The fraction of sp³-hybridized carbons (Fsp3) is 0.357. The van der Waals surface area contributed by atoms with Crippen LogP contribution in [0.2, 0.25) is 0 Å². The lowest BCUT2D eigenvalue weighted by molar-refractivity contribution is 0.353. The van der Waals surface area contributed by atoms with Crippen LogP contribution < -0.4 is 14.8 Å². The highest BCUT2D eigenvalue weighted by molar-refractivity contribution is 7.98. The molecule has 1 aromatic heterocycles. The van der Waals surface area contributed by atoms with Gasteiger partial charge in [-0.3, -0.25) is 0 Å². The minimum Gasteiger partial charge on any atom is -0.493 e. The van der Waals surface area contributed by atoms with E-state index in [-0.39, 0.29) is 0 Å². The van der Waals surface area contributed by atoms with Crippen molar-refractivity contribution in [2.45, 2.75) is 18.0 Å². The molecule has 0 spiro atoms. The van der Waals surface area contributed by atoms with Crippen LogP contribution in [0, 0.1) is 0 Å². The fourth-order valence-corrected chi connectivity index (χ4v) is 2.50. The lowest BCUT2D eigenvalue weighted by Crippen LogP contribution is -2.13. The molecule has 0 aliphatic heterocycles. The van der Waals surface area contributed by atoms with Crippen molar-refractivity contribution in [3.63, 3.8) is 0 Å². The Morgan fingerprint density at radius 1 is 1.20 bits per heavy atom. The number of nitrogens with zero attached hydrogens (tertiary/aromatic N) is 1. The van der Waals surface area contributed by atoms with Crippen LogP contribution in [-0.2, 0) is 13.1 Å². The van der Waals surface area contributed by atoms with Crippen LogP contribution >= 0.6 is 11.8 Å². The third kappa shape index (κ3) is 3.46. The van der Waals surface area contributed by atoms with Gasteiger partial charge in [0.05, 0.1) is 27.0 Å². The summed E-state index contributed by atoms with van der Waals surface area (Å²) in [6, 6.07) is 5.84. The molecule has 108 valence electrons.